The molecule has 1 heterocycles. The van der Waals surface area contributed by atoms with Gasteiger partial charge >= 0.3 is 6.03 Å². The first-order chi connectivity index (χ1) is 12.4. The van der Waals surface area contributed by atoms with Crippen molar-refractivity contribution in [3.63, 3.8) is 0 Å². The summed E-state index contributed by atoms with van der Waals surface area (Å²) in [7, 11) is 1.37. The summed E-state index contributed by atoms with van der Waals surface area (Å²) in [5.74, 6) is -1.04. The predicted molar refractivity (Wildman–Crippen MR) is 93.1 cm³/mol. The van der Waals surface area contributed by atoms with E-state index in [1.54, 1.807) is 0 Å². The lowest BCUT2D eigenvalue weighted by atomic mass is 10.1. The summed E-state index contributed by atoms with van der Waals surface area (Å²) in [6.07, 6.45) is 1.31. The molecule has 0 aliphatic carbocycles. The highest BCUT2D eigenvalue weighted by molar-refractivity contribution is 6.31. The maximum absolute atomic E-state index is 13.0. The zero-order chi connectivity index (χ0) is 18.8. The fraction of sp³-hybridized carbons (Fsp3) is 0.111. The molecule has 1 saturated heterocycles. The van der Waals surface area contributed by atoms with Gasteiger partial charge in [0, 0.05) is 16.7 Å². The lowest BCUT2D eigenvalue weighted by molar-refractivity contribution is -0.123. The number of halogens is 2. The number of urea groups is 1. The second kappa shape index (κ2) is 7.05. The van der Waals surface area contributed by atoms with E-state index in [1.165, 1.54) is 49.6 Å². The Kier molecular flexibility index (Phi) is 4.81. The number of nitrogens with zero attached hydrogens (tertiary/aromatic N) is 1. The average Bonchev–Trinajstić information content (AvgIpc) is 2.87. The number of phenolic OH excluding ortho intramolecular Hbond substituents is 1. The molecule has 0 bridgehead atoms. The van der Waals surface area contributed by atoms with Gasteiger partial charge in [0.05, 0.1) is 13.7 Å². The largest absolute Gasteiger partial charge is 0.504 e. The number of rotatable bonds is 4. The smallest absolute Gasteiger partial charge is 0.329 e. The number of imide groups is 1. The van der Waals surface area contributed by atoms with Gasteiger partial charge in [-0.15, -0.1) is 0 Å². The van der Waals surface area contributed by atoms with E-state index in [0.29, 0.717) is 10.6 Å². The molecule has 6 nitrogen and oxygen atoms in total. The number of methoxy groups -OCH3 is 1. The second-order valence-electron chi connectivity index (χ2n) is 5.55. The number of hydrogen-bond acceptors (Lipinski definition) is 4. The van der Waals surface area contributed by atoms with Gasteiger partial charge in [0.25, 0.3) is 5.91 Å². The Morgan fingerprint density at radius 1 is 1.27 bits per heavy atom. The number of ether oxygens (including phenoxy) is 1. The monoisotopic (exact) mass is 376 g/mol. The topological polar surface area (TPSA) is 78.9 Å². The highest BCUT2D eigenvalue weighted by Crippen LogP contribution is 2.35. The van der Waals surface area contributed by atoms with Crippen molar-refractivity contribution >= 4 is 29.6 Å². The van der Waals surface area contributed by atoms with Crippen LogP contribution in [0.5, 0.6) is 11.5 Å². The minimum Gasteiger partial charge on any atom is -0.504 e. The van der Waals surface area contributed by atoms with E-state index < -0.39 is 17.8 Å². The minimum absolute atomic E-state index is 0.00681. The maximum Gasteiger partial charge on any atom is 0.329 e. The lowest BCUT2D eigenvalue weighted by Gasteiger charge is -2.11. The van der Waals surface area contributed by atoms with E-state index in [2.05, 4.69) is 5.32 Å². The molecule has 0 radical (unpaired) electrons. The molecule has 134 valence electrons. The van der Waals surface area contributed by atoms with Crippen LogP contribution in [0.1, 0.15) is 11.1 Å². The fourth-order valence-corrected chi connectivity index (χ4v) is 2.72. The van der Waals surface area contributed by atoms with E-state index in [9.17, 15) is 19.1 Å². The Morgan fingerprint density at radius 2 is 1.96 bits per heavy atom. The number of nitrogens with one attached hydrogen (secondary N) is 1. The summed E-state index contributed by atoms with van der Waals surface area (Å²) in [6, 6.07) is 7.74. The van der Waals surface area contributed by atoms with Gasteiger partial charge in [-0.1, -0.05) is 23.7 Å². The molecule has 2 aromatic rings. The van der Waals surface area contributed by atoms with Crippen LogP contribution in [-0.4, -0.2) is 29.1 Å². The number of phenols is 1. The molecule has 2 N–H and O–H groups in total. The Labute approximate surface area is 153 Å². The van der Waals surface area contributed by atoms with Crippen LogP contribution in [0.15, 0.2) is 42.1 Å². The van der Waals surface area contributed by atoms with Gasteiger partial charge in [0.15, 0.2) is 11.5 Å². The standard InChI is InChI=1S/C18H14ClFN2O4/c1-26-15-8-12(19)6-11(16(15)23)7-14-17(24)22(18(25)21-14)9-10-2-4-13(20)5-3-10/h2-8,23H,9H2,1H3,(H,21,25)/b14-7+. The van der Waals surface area contributed by atoms with Crippen LogP contribution in [0.3, 0.4) is 0 Å². The third-order valence-corrected chi connectivity index (χ3v) is 4.02. The molecule has 0 aromatic heterocycles. The maximum atomic E-state index is 13.0. The summed E-state index contributed by atoms with van der Waals surface area (Å²) in [6.45, 7) is -0.00681. The van der Waals surface area contributed by atoms with Crippen LogP contribution >= 0.6 is 11.6 Å². The van der Waals surface area contributed by atoms with E-state index >= 15 is 0 Å². The fourth-order valence-electron chi connectivity index (χ4n) is 2.50. The molecule has 8 heteroatoms. The van der Waals surface area contributed by atoms with Crippen molar-refractivity contribution in [1.29, 1.82) is 0 Å². The molecule has 0 spiro atoms. The van der Waals surface area contributed by atoms with Crippen LogP contribution in [-0.2, 0) is 11.3 Å². The summed E-state index contributed by atoms with van der Waals surface area (Å²) in [5, 5.41) is 12.9. The third-order valence-electron chi connectivity index (χ3n) is 3.81. The SMILES string of the molecule is COc1cc(Cl)cc(/C=C2/NC(=O)N(Cc3ccc(F)cc3)C2=O)c1O. The zero-order valence-corrected chi connectivity index (χ0v) is 14.4. The molecule has 0 saturated carbocycles. The van der Waals surface area contributed by atoms with Crippen molar-refractivity contribution in [2.24, 2.45) is 0 Å². The molecular formula is C18H14ClFN2O4. The van der Waals surface area contributed by atoms with Crippen LogP contribution in [0, 0.1) is 5.82 Å². The summed E-state index contributed by atoms with van der Waals surface area (Å²) in [4.78, 5) is 25.6. The van der Waals surface area contributed by atoms with E-state index in [1.807, 2.05) is 0 Å². The molecule has 1 aliphatic heterocycles. The average molecular weight is 377 g/mol. The number of aromatic hydroxyl groups is 1. The van der Waals surface area contributed by atoms with Crippen molar-refractivity contribution in [3.8, 4) is 11.5 Å². The van der Waals surface area contributed by atoms with E-state index in [-0.39, 0.29) is 29.3 Å². The first-order valence-electron chi connectivity index (χ1n) is 7.54. The number of carbonyl (C=O) groups is 2. The Morgan fingerprint density at radius 3 is 2.62 bits per heavy atom. The summed E-state index contributed by atoms with van der Waals surface area (Å²) < 4.78 is 18.0. The minimum atomic E-state index is -0.612. The van der Waals surface area contributed by atoms with Crippen LogP contribution in [0.2, 0.25) is 5.02 Å². The predicted octanol–water partition coefficient (Wildman–Crippen LogP) is 3.29. The number of benzene rings is 2. The number of hydrogen-bond donors (Lipinski definition) is 2. The zero-order valence-electron chi connectivity index (χ0n) is 13.6. The van der Waals surface area contributed by atoms with Crippen molar-refractivity contribution in [1.82, 2.24) is 10.2 Å². The Hall–Kier alpha value is -3.06. The molecule has 26 heavy (non-hydrogen) atoms. The number of carbonyl (C=O) groups excluding carboxylic acids is 2. The van der Waals surface area contributed by atoms with Gasteiger partial charge in [0.1, 0.15) is 11.5 Å². The highest BCUT2D eigenvalue weighted by Gasteiger charge is 2.33. The molecule has 2 aromatic carbocycles. The molecular weight excluding hydrogens is 363 g/mol. The summed E-state index contributed by atoms with van der Waals surface area (Å²) in [5.41, 5.74) is 0.807. The van der Waals surface area contributed by atoms with Gasteiger partial charge in [-0.25, -0.2) is 9.18 Å². The first-order valence-corrected chi connectivity index (χ1v) is 7.92. The van der Waals surface area contributed by atoms with Crippen molar-refractivity contribution in [3.05, 3.63) is 64.1 Å². The molecule has 1 aliphatic rings. The van der Waals surface area contributed by atoms with Gasteiger partial charge in [0.2, 0.25) is 0 Å². The van der Waals surface area contributed by atoms with Crippen molar-refractivity contribution < 1.29 is 23.8 Å². The molecule has 0 atom stereocenters. The molecule has 3 rings (SSSR count). The van der Waals surface area contributed by atoms with Crippen molar-refractivity contribution in [2.45, 2.75) is 6.54 Å². The van der Waals surface area contributed by atoms with Crippen LogP contribution in [0.25, 0.3) is 6.08 Å². The lowest BCUT2D eigenvalue weighted by Crippen LogP contribution is -2.30. The van der Waals surface area contributed by atoms with Crippen LogP contribution in [0.4, 0.5) is 9.18 Å². The van der Waals surface area contributed by atoms with E-state index in [4.69, 9.17) is 16.3 Å². The second-order valence-corrected chi connectivity index (χ2v) is 5.99. The number of amides is 3. The summed E-state index contributed by atoms with van der Waals surface area (Å²) >= 11 is 5.97. The first kappa shape index (κ1) is 17.8. The van der Waals surface area contributed by atoms with E-state index in [0.717, 1.165) is 4.90 Å². The molecule has 3 amide bonds. The van der Waals surface area contributed by atoms with Crippen LogP contribution < -0.4 is 10.1 Å². The highest BCUT2D eigenvalue weighted by atomic mass is 35.5. The molecule has 0 unspecified atom stereocenters. The quantitative estimate of drug-likeness (QED) is 0.634. The molecule has 1 fully saturated rings. The van der Waals surface area contributed by atoms with Gasteiger partial charge < -0.3 is 15.2 Å². The van der Waals surface area contributed by atoms with Gasteiger partial charge in [-0.3, -0.25) is 9.69 Å². The Bertz CT molecular complexity index is 912. The van der Waals surface area contributed by atoms with Crippen molar-refractivity contribution in [2.75, 3.05) is 7.11 Å². The third kappa shape index (κ3) is 3.48. The normalized spacial score (nSPS) is 15.5. The van der Waals surface area contributed by atoms with Gasteiger partial charge in [-0.2, -0.15) is 0 Å². The van der Waals surface area contributed by atoms with Gasteiger partial charge in [-0.05, 0) is 29.8 Å². The Balaban J connectivity index is 1.88.